The van der Waals surface area contributed by atoms with Gasteiger partial charge in [-0.2, -0.15) is 0 Å². The Balaban J connectivity index is 2.49. The molecular formula is C12H12BrFN2O2S2. The number of rotatable bonds is 4. The summed E-state index contributed by atoms with van der Waals surface area (Å²) in [4.78, 5) is 0.825. The molecule has 0 spiro atoms. The third kappa shape index (κ3) is 2.73. The highest BCUT2D eigenvalue weighted by atomic mass is 79.9. The van der Waals surface area contributed by atoms with E-state index in [1.807, 2.05) is 0 Å². The minimum absolute atomic E-state index is 0.0000940. The van der Waals surface area contributed by atoms with Crippen LogP contribution in [-0.2, 0) is 16.6 Å². The third-order valence-electron chi connectivity index (χ3n) is 2.74. The molecular weight excluding hydrogens is 367 g/mol. The van der Waals surface area contributed by atoms with Crippen LogP contribution in [-0.4, -0.2) is 15.5 Å². The number of para-hydroxylation sites is 1. The average molecular weight is 379 g/mol. The fourth-order valence-corrected chi connectivity index (χ4v) is 5.37. The molecule has 1 heterocycles. The van der Waals surface area contributed by atoms with Gasteiger partial charge in [0.25, 0.3) is 10.0 Å². The molecule has 0 bridgehead atoms. The van der Waals surface area contributed by atoms with Crippen molar-refractivity contribution in [1.82, 2.24) is 0 Å². The summed E-state index contributed by atoms with van der Waals surface area (Å²) in [6.45, 7) is 0.252. The zero-order valence-electron chi connectivity index (χ0n) is 10.5. The maximum atomic E-state index is 13.7. The Bertz CT molecular complexity index is 731. The molecule has 0 atom stereocenters. The van der Waals surface area contributed by atoms with Crippen LogP contribution in [0.2, 0.25) is 0 Å². The van der Waals surface area contributed by atoms with Crippen molar-refractivity contribution in [3.8, 4) is 0 Å². The fraction of sp³-hybridized carbons (Fsp3) is 0.167. The predicted molar refractivity (Wildman–Crippen MR) is 81.9 cm³/mol. The second kappa shape index (κ2) is 5.80. The molecule has 0 amide bonds. The van der Waals surface area contributed by atoms with E-state index in [2.05, 4.69) is 15.9 Å². The van der Waals surface area contributed by atoms with Crippen molar-refractivity contribution in [2.75, 3.05) is 11.4 Å². The highest BCUT2D eigenvalue weighted by Crippen LogP contribution is 2.34. The summed E-state index contributed by atoms with van der Waals surface area (Å²) in [7, 11) is -2.51. The minimum Gasteiger partial charge on any atom is -0.326 e. The number of nitrogens with two attached hydrogens (primary N) is 1. The lowest BCUT2D eigenvalue weighted by Gasteiger charge is -2.19. The van der Waals surface area contributed by atoms with Crippen LogP contribution in [0.4, 0.5) is 10.1 Å². The smallest absolute Gasteiger partial charge is 0.266 e. The molecule has 2 aromatic rings. The zero-order valence-corrected chi connectivity index (χ0v) is 13.7. The summed E-state index contributed by atoms with van der Waals surface area (Å²) in [5.74, 6) is -0.594. The summed E-state index contributed by atoms with van der Waals surface area (Å²) in [6, 6.07) is 7.22. The molecule has 20 heavy (non-hydrogen) atoms. The minimum atomic E-state index is -3.83. The van der Waals surface area contributed by atoms with Gasteiger partial charge in [0.2, 0.25) is 0 Å². The summed E-state index contributed by atoms with van der Waals surface area (Å²) >= 11 is 4.47. The highest BCUT2D eigenvalue weighted by Gasteiger charge is 2.27. The highest BCUT2D eigenvalue weighted by molar-refractivity contribution is 9.11. The first kappa shape index (κ1) is 15.4. The molecule has 0 saturated heterocycles. The van der Waals surface area contributed by atoms with Crippen LogP contribution in [0.3, 0.4) is 0 Å². The Labute approximate surface area is 129 Å². The number of hydrogen-bond donors (Lipinski definition) is 1. The van der Waals surface area contributed by atoms with E-state index in [4.69, 9.17) is 5.73 Å². The van der Waals surface area contributed by atoms with Gasteiger partial charge in [-0.1, -0.05) is 12.1 Å². The van der Waals surface area contributed by atoms with Crippen molar-refractivity contribution in [2.45, 2.75) is 11.4 Å². The second-order valence-corrected chi connectivity index (χ2v) is 8.37. The van der Waals surface area contributed by atoms with E-state index in [1.165, 1.54) is 42.6 Å². The van der Waals surface area contributed by atoms with Gasteiger partial charge in [-0.05, 0) is 34.1 Å². The van der Waals surface area contributed by atoms with E-state index in [0.29, 0.717) is 3.79 Å². The molecule has 0 fully saturated rings. The number of nitrogens with zero attached hydrogens (tertiary/aromatic N) is 1. The van der Waals surface area contributed by atoms with Crippen molar-refractivity contribution in [3.63, 3.8) is 0 Å². The van der Waals surface area contributed by atoms with Crippen LogP contribution in [0.25, 0.3) is 0 Å². The molecule has 4 nitrogen and oxygen atoms in total. The Morgan fingerprint density at radius 3 is 2.60 bits per heavy atom. The van der Waals surface area contributed by atoms with E-state index in [1.54, 1.807) is 6.07 Å². The Morgan fingerprint density at radius 1 is 1.40 bits per heavy atom. The number of sulfonamides is 1. The summed E-state index contributed by atoms with van der Waals surface area (Å²) in [5.41, 5.74) is 5.51. The molecule has 0 aliphatic rings. The largest absolute Gasteiger partial charge is 0.326 e. The first-order chi connectivity index (χ1) is 9.37. The van der Waals surface area contributed by atoms with Gasteiger partial charge in [-0.3, -0.25) is 4.31 Å². The second-order valence-electron chi connectivity index (χ2n) is 3.98. The van der Waals surface area contributed by atoms with Crippen molar-refractivity contribution in [3.05, 3.63) is 44.8 Å². The average Bonchev–Trinajstić information content (AvgIpc) is 2.80. The Hall–Kier alpha value is -0.960. The molecule has 0 unspecified atom stereocenters. The van der Waals surface area contributed by atoms with Crippen LogP contribution in [0, 0.1) is 5.82 Å². The summed E-state index contributed by atoms with van der Waals surface area (Å²) < 4.78 is 40.2. The molecule has 0 saturated carbocycles. The lowest BCUT2D eigenvalue weighted by Crippen LogP contribution is -2.27. The first-order valence-electron chi connectivity index (χ1n) is 5.59. The van der Waals surface area contributed by atoms with Gasteiger partial charge in [0, 0.05) is 18.5 Å². The fourth-order valence-electron chi connectivity index (χ4n) is 1.66. The SMILES string of the molecule is CN(c1ccccc1F)S(=O)(=O)c1cc(CN)sc1Br. The van der Waals surface area contributed by atoms with Gasteiger partial charge in [0.15, 0.2) is 0 Å². The van der Waals surface area contributed by atoms with Crippen LogP contribution < -0.4 is 10.0 Å². The Kier molecular flexibility index (Phi) is 4.48. The van der Waals surface area contributed by atoms with Gasteiger partial charge >= 0.3 is 0 Å². The number of hydrogen-bond acceptors (Lipinski definition) is 4. The van der Waals surface area contributed by atoms with Gasteiger partial charge in [0.05, 0.1) is 9.47 Å². The predicted octanol–water partition coefficient (Wildman–Crippen LogP) is 2.93. The number of thiophene rings is 1. The summed E-state index contributed by atoms with van der Waals surface area (Å²) in [6.07, 6.45) is 0. The lowest BCUT2D eigenvalue weighted by atomic mass is 10.3. The van der Waals surface area contributed by atoms with Gasteiger partial charge < -0.3 is 5.73 Å². The molecule has 2 rings (SSSR count). The van der Waals surface area contributed by atoms with Gasteiger partial charge in [0.1, 0.15) is 10.7 Å². The number of anilines is 1. The molecule has 2 N–H and O–H groups in total. The zero-order chi connectivity index (χ0) is 14.9. The van der Waals surface area contributed by atoms with Gasteiger partial charge in [-0.15, -0.1) is 11.3 Å². The standard InChI is InChI=1S/C12H12BrFN2O2S2/c1-16(10-5-3-2-4-9(10)14)20(17,18)11-6-8(7-15)19-12(11)13/h2-6H,7,15H2,1H3. The normalized spacial score (nSPS) is 11.6. The van der Waals surface area contributed by atoms with E-state index < -0.39 is 15.8 Å². The molecule has 1 aromatic carbocycles. The van der Waals surface area contributed by atoms with Crippen LogP contribution in [0.15, 0.2) is 39.0 Å². The molecule has 0 aliphatic heterocycles. The Morgan fingerprint density at radius 2 is 2.05 bits per heavy atom. The van der Waals surface area contributed by atoms with Crippen LogP contribution >= 0.6 is 27.3 Å². The van der Waals surface area contributed by atoms with Crippen LogP contribution in [0.5, 0.6) is 0 Å². The van der Waals surface area contributed by atoms with Crippen molar-refractivity contribution >= 4 is 43.0 Å². The number of benzene rings is 1. The molecule has 0 aliphatic carbocycles. The molecule has 108 valence electrons. The van der Waals surface area contributed by atoms with E-state index in [0.717, 1.165) is 9.18 Å². The number of halogens is 2. The molecule has 1 aromatic heterocycles. The molecule has 8 heteroatoms. The van der Waals surface area contributed by atoms with Crippen molar-refractivity contribution in [1.29, 1.82) is 0 Å². The van der Waals surface area contributed by atoms with E-state index in [9.17, 15) is 12.8 Å². The topological polar surface area (TPSA) is 63.4 Å². The van der Waals surface area contributed by atoms with Crippen LogP contribution in [0.1, 0.15) is 4.88 Å². The van der Waals surface area contributed by atoms with Gasteiger partial charge in [-0.25, -0.2) is 12.8 Å². The summed E-state index contributed by atoms with van der Waals surface area (Å²) in [5, 5.41) is 0. The molecule has 0 radical (unpaired) electrons. The maximum absolute atomic E-state index is 13.7. The van der Waals surface area contributed by atoms with E-state index >= 15 is 0 Å². The van der Waals surface area contributed by atoms with Crippen molar-refractivity contribution in [2.24, 2.45) is 5.73 Å². The van der Waals surface area contributed by atoms with Crippen molar-refractivity contribution < 1.29 is 12.8 Å². The third-order valence-corrected chi connectivity index (χ3v) is 6.78. The maximum Gasteiger partial charge on any atom is 0.266 e. The quantitative estimate of drug-likeness (QED) is 0.889. The lowest BCUT2D eigenvalue weighted by molar-refractivity contribution is 0.589. The first-order valence-corrected chi connectivity index (χ1v) is 8.64. The monoisotopic (exact) mass is 378 g/mol. The van der Waals surface area contributed by atoms with E-state index in [-0.39, 0.29) is 17.1 Å².